The van der Waals surface area contributed by atoms with Crippen LogP contribution in [0.2, 0.25) is 0 Å². The highest BCUT2D eigenvalue weighted by molar-refractivity contribution is 5.15. The normalized spacial score (nSPS) is 15.4. The van der Waals surface area contributed by atoms with Crippen molar-refractivity contribution < 1.29 is 9.26 Å². The van der Waals surface area contributed by atoms with Crippen molar-refractivity contribution in [1.29, 1.82) is 0 Å². The molecule has 0 unspecified atom stereocenters. The number of hydrogen-bond acceptors (Lipinski definition) is 5. The zero-order chi connectivity index (χ0) is 11.7. The van der Waals surface area contributed by atoms with Gasteiger partial charge in [-0.05, 0) is 12.8 Å². The number of ether oxygens (including phenoxy) is 1. The zero-order valence-electron chi connectivity index (χ0n) is 9.67. The molecule has 1 fully saturated rings. The topological polar surface area (TPSA) is 66.0 Å². The summed E-state index contributed by atoms with van der Waals surface area (Å²) in [6.45, 7) is 1.04. The summed E-state index contributed by atoms with van der Waals surface area (Å²) >= 11 is 0. The van der Waals surface area contributed by atoms with Crippen molar-refractivity contribution in [3.8, 4) is 0 Å². The van der Waals surface area contributed by atoms with Crippen LogP contribution < -0.4 is 0 Å². The fraction of sp³-hybridized carbons (Fsp3) is 0.545. The van der Waals surface area contributed by atoms with Gasteiger partial charge in [0, 0.05) is 19.1 Å². The Morgan fingerprint density at radius 1 is 1.53 bits per heavy atom. The van der Waals surface area contributed by atoms with E-state index in [0.717, 1.165) is 17.1 Å². The van der Waals surface area contributed by atoms with Crippen LogP contribution in [0, 0.1) is 0 Å². The van der Waals surface area contributed by atoms with E-state index in [1.807, 2.05) is 12.3 Å². The van der Waals surface area contributed by atoms with Crippen molar-refractivity contribution in [3.05, 3.63) is 29.4 Å². The molecule has 1 aliphatic rings. The molecule has 2 aromatic rings. The van der Waals surface area contributed by atoms with Crippen molar-refractivity contribution >= 4 is 0 Å². The number of aromatic nitrogens is 4. The predicted octanol–water partition coefficient (Wildman–Crippen LogP) is 1.34. The third-order valence-electron chi connectivity index (χ3n) is 2.77. The van der Waals surface area contributed by atoms with E-state index in [9.17, 15) is 0 Å². The molecule has 0 radical (unpaired) electrons. The number of methoxy groups -OCH3 is 1. The first-order chi connectivity index (χ1) is 8.35. The van der Waals surface area contributed by atoms with E-state index in [1.165, 1.54) is 12.8 Å². The van der Waals surface area contributed by atoms with Crippen LogP contribution in [0.4, 0.5) is 0 Å². The standard InChI is InChI=1S/C11H14N4O2/c1-16-7-9-5-15(14-12-9)6-10-4-11(13-17-10)8-2-3-8/h4-5,8H,2-3,6-7H2,1H3. The van der Waals surface area contributed by atoms with Gasteiger partial charge >= 0.3 is 0 Å². The van der Waals surface area contributed by atoms with E-state index in [0.29, 0.717) is 19.1 Å². The molecule has 1 aliphatic carbocycles. The summed E-state index contributed by atoms with van der Waals surface area (Å²) in [4.78, 5) is 0. The molecule has 0 amide bonds. The molecule has 2 aromatic heterocycles. The first kappa shape index (κ1) is 10.5. The molecule has 17 heavy (non-hydrogen) atoms. The second-order valence-corrected chi connectivity index (χ2v) is 4.33. The smallest absolute Gasteiger partial charge is 0.158 e. The lowest BCUT2D eigenvalue weighted by atomic mass is 10.3. The van der Waals surface area contributed by atoms with Crippen LogP contribution in [0.3, 0.4) is 0 Å². The van der Waals surface area contributed by atoms with Gasteiger partial charge in [-0.3, -0.25) is 0 Å². The Hall–Kier alpha value is -1.69. The van der Waals surface area contributed by atoms with Gasteiger partial charge in [0.25, 0.3) is 0 Å². The van der Waals surface area contributed by atoms with Crippen molar-refractivity contribution in [2.45, 2.75) is 31.9 Å². The second kappa shape index (κ2) is 4.29. The Morgan fingerprint density at radius 2 is 2.41 bits per heavy atom. The van der Waals surface area contributed by atoms with E-state index >= 15 is 0 Å². The second-order valence-electron chi connectivity index (χ2n) is 4.33. The van der Waals surface area contributed by atoms with Gasteiger partial charge in [0.15, 0.2) is 5.76 Å². The predicted molar refractivity (Wildman–Crippen MR) is 58.3 cm³/mol. The monoisotopic (exact) mass is 234 g/mol. The molecule has 0 aliphatic heterocycles. The lowest BCUT2D eigenvalue weighted by molar-refractivity contribution is 0.181. The van der Waals surface area contributed by atoms with Gasteiger partial charge < -0.3 is 9.26 Å². The summed E-state index contributed by atoms with van der Waals surface area (Å²) in [6.07, 6.45) is 4.31. The largest absolute Gasteiger partial charge is 0.378 e. The minimum Gasteiger partial charge on any atom is -0.378 e. The summed E-state index contributed by atoms with van der Waals surface area (Å²) < 4.78 is 12.0. The maximum absolute atomic E-state index is 5.27. The maximum atomic E-state index is 5.27. The zero-order valence-corrected chi connectivity index (χ0v) is 9.67. The average Bonchev–Trinajstić information content (AvgIpc) is 2.92. The quantitative estimate of drug-likeness (QED) is 0.781. The Balaban J connectivity index is 1.67. The molecular weight excluding hydrogens is 220 g/mol. The molecular formula is C11H14N4O2. The van der Waals surface area contributed by atoms with Crippen LogP contribution in [-0.4, -0.2) is 27.3 Å². The van der Waals surface area contributed by atoms with Crippen LogP contribution >= 0.6 is 0 Å². The molecule has 1 saturated carbocycles. The molecule has 0 bridgehead atoms. The summed E-state index contributed by atoms with van der Waals surface area (Å²) in [5.41, 5.74) is 1.88. The van der Waals surface area contributed by atoms with Gasteiger partial charge in [-0.1, -0.05) is 10.4 Å². The molecule has 0 saturated heterocycles. The van der Waals surface area contributed by atoms with Crippen molar-refractivity contribution in [2.75, 3.05) is 7.11 Å². The highest BCUT2D eigenvalue weighted by Crippen LogP contribution is 2.39. The lowest BCUT2D eigenvalue weighted by Crippen LogP contribution is -1.99. The van der Waals surface area contributed by atoms with Crippen LogP contribution in [0.5, 0.6) is 0 Å². The van der Waals surface area contributed by atoms with E-state index in [4.69, 9.17) is 9.26 Å². The van der Waals surface area contributed by atoms with E-state index < -0.39 is 0 Å². The van der Waals surface area contributed by atoms with E-state index in [2.05, 4.69) is 15.5 Å². The Morgan fingerprint density at radius 3 is 3.18 bits per heavy atom. The SMILES string of the molecule is COCc1cn(Cc2cc(C3CC3)no2)nn1. The molecule has 3 rings (SSSR count). The van der Waals surface area contributed by atoms with Crippen LogP contribution in [0.25, 0.3) is 0 Å². The van der Waals surface area contributed by atoms with Gasteiger partial charge in [-0.25, -0.2) is 4.68 Å². The number of nitrogens with zero attached hydrogens (tertiary/aromatic N) is 4. The minimum atomic E-state index is 0.476. The molecule has 90 valence electrons. The molecule has 0 atom stereocenters. The Labute approximate surface area is 98.5 Å². The van der Waals surface area contributed by atoms with E-state index in [1.54, 1.807) is 11.8 Å². The number of hydrogen-bond donors (Lipinski definition) is 0. The Kier molecular flexibility index (Phi) is 2.64. The van der Waals surface area contributed by atoms with Crippen molar-refractivity contribution in [1.82, 2.24) is 20.2 Å². The summed E-state index contributed by atoms with van der Waals surface area (Å²) in [6, 6.07) is 2.01. The highest BCUT2D eigenvalue weighted by Gasteiger charge is 2.27. The third kappa shape index (κ3) is 2.36. The molecule has 0 aromatic carbocycles. The Bertz CT molecular complexity index is 501. The summed E-state index contributed by atoms with van der Waals surface area (Å²) in [5, 5.41) is 12.0. The van der Waals surface area contributed by atoms with Gasteiger partial charge in [-0.2, -0.15) is 0 Å². The fourth-order valence-corrected chi connectivity index (χ4v) is 1.76. The van der Waals surface area contributed by atoms with Gasteiger partial charge in [-0.15, -0.1) is 5.10 Å². The van der Waals surface area contributed by atoms with Gasteiger partial charge in [0.2, 0.25) is 0 Å². The summed E-state index contributed by atoms with van der Waals surface area (Å²) in [5.74, 6) is 1.44. The summed E-state index contributed by atoms with van der Waals surface area (Å²) in [7, 11) is 1.64. The first-order valence-corrected chi connectivity index (χ1v) is 5.68. The molecule has 0 spiro atoms. The van der Waals surface area contributed by atoms with Crippen LogP contribution in [-0.2, 0) is 17.9 Å². The van der Waals surface area contributed by atoms with Crippen LogP contribution in [0.15, 0.2) is 16.8 Å². The molecule has 6 heteroatoms. The van der Waals surface area contributed by atoms with E-state index in [-0.39, 0.29) is 0 Å². The molecule has 0 N–H and O–H groups in total. The van der Waals surface area contributed by atoms with Crippen molar-refractivity contribution in [2.24, 2.45) is 0 Å². The number of rotatable bonds is 5. The average molecular weight is 234 g/mol. The third-order valence-corrected chi connectivity index (χ3v) is 2.77. The maximum Gasteiger partial charge on any atom is 0.158 e. The van der Waals surface area contributed by atoms with Crippen molar-refractivity contribution in [3.63, 3.8) is 0 Å². The van der Waals surface area contributed by atoms with Gasteiger partial charge in [0.1, 0.15) is 12.2 Å². The van der Waals surface area contributed by atoms with Crippen LogP contribution in [0.1, 0.15) is 35.9 Å². The first-order valence-electron chi connectivity index (χ1n) is 5.68. The lowest BCUT2D eigenvalue weighted by Gasteiger charge is -1.93. The molecule has 2 heterocycles. The molecule has 6 nitrogen and oxygen atoms in total. The highest BCUT2D eigenvalue weighted by atomic mass is 16.5. The van der Waals surface area contributed by atoms with Gasteiger partial charge in [0.05, 0.1) is 18.5 Å². The minimum absolute atomic E-state index is 0.476. The fourth-order valence-electron chi connectivity index (χ4n) is 1.76.